The molecular weight excluding hydrogens is 388 g/mol. The fourth-order valence-electron chi connectivity index (χ4n) is 3.60. The first-order valence-electron chi connectivity index (χ1n) is 9.82. The minimum absolute atomic E-state index is 0.149. The van der Waals surface area contributed by atoms with Gasteiger partial charge in [-0.2, -0.15) is 0 Å². The Balaban J connectivity index is 1.45. The van der Waals surface area contributed by atoms with Gasteiger partial charge in [0.25, 0.3) is 0 Å². The normalized spacial score (nSPS) is 14.3. The average Bonchev–Trinajstić information content (AvgIpc) is 3.30. The molecule has 3 aromatic rings. The Labute approximate surface area is 173 Å². The predicted molar refractivity (Wildman–Crippen MR) is 113 cm³/mol. The topological polar surface area (TPSA) is 80.4 Å². The number of para-hydroxylation sites is 1. The number of fused-ring (bicyclic) bond motifs is 1. The van der Waals surface area contributed by atoms with Crippen molar-refractivity contribution in [1.82, 2.24) is 14.6 Å². The molecule has 1 fully saturated rings. The van der Waals surface area contributed by atoms with Crippen LogP contribution < -0.4 is 5.32 Å². The molecule has 0 bridgehead atoms. The molecule has 8 heteroatoms. The van der Waals surface area contributed by atoms with Crippen LogP contribution in [0.4, 0.5) is 5.82 Å². The second-order valence-corrected chi connectivity index (χ2v) is 8.26. The largest absolute Gasteiger partial charge is 0.360 e. The van der Waals surface area contributed by atoms with Crippen LogP contribution in [0, 0.1) is 6.92 Å². The number of thioether (sulfide) groups is 1. The molecular formula is C21H24N4O3S. The van der Waals surface area contributed by atoms with Crippen molar-refractivity contribution < 1.29 is 14.1 Å². The van der Waals surface area contributed by atoms with Crippen molar-refractivity contribution in [3.63, 3.8) is 0 Å². The monoisotopic (exact) mass is 412 g/mol. The number of benzene rings is 1. The molecule has 1 saturated heterocycles. The summed E-state index contributed by atoms with van der Waals surface area (Å²) in [6.07, 6.45) is 5.34. The van der Waals surface area contributed by atoms with Crippen LogP contribution in [0.25, 0.3) is 10.9 Å². The van der Waals surface area contributed by atoms with Gasteiger partial charge in [0, 0.05) is 41.2 Å². The molecule has 3 heterocycles. The van der Waals surface area contributed by atoms with Crippen molar-refractivity contribution in [2.45, 2.75) is 37.6 Å². The Morgan fingerprint density at radius 2 is 2.00 bits per heavy atom. The molecule has 7 nitrogen and oxygen atoms in total. The van der Waals surface area contributed by atoms with Crippen molar-refractivity contribution >= 4 is 40.3 Å². The van der Waals surface area contributed by atoms with Crippen LogP contribution in [-0.4, -0.2) is 45.3 Å². The number of hydrogen-bond acceptors (Lipinski definition) is 5. The van der Waals surface area contributed by atoms with Gasteiger partial charge in [-0.1, -0.05) is 23.4 Å². The van der Waals surface area contributed by atoms with E-state index in [1.165, 1.54) is 18.2 Å². The summed E-state index contributed by atoms with van der Waals surface area (Å²) in [6, 6.07) is 9.67. The third-order valence-electron chi connectivity index (χ3n) is 5.02. The van der Waals surface area contributed by atoms with Crippen LogP contribution in [0.2, 0.25) is 0 Å². The lowest BCUT2D eigenvalue weighted by Gasteiger charge is -2.27. The fourth-order valence-corrected chi connectivity index (χ4v) is 4.48. The van der Waals surface area contributed by atoms with Crippen LogP contribution in [0.1, 0.15) is 25.0 Å². The number of carbonyl (C=O) groups is 2. The van der Waals surface area contributed by atoms with E-state index in [-0.39, 0.29) is 17.6 Å². The average molecular weight is 413 g/mol. The number of nitrogens with one attached hydrogen (secondary N) is 1. The lowest BCUT2D eigenvalue weighted by atomic mass is 10.1. The van der Waals surface area contributed by atoms with E-state index in [0.29, 0.717) is 18.1 Å². The van der Waals surface area contributed by atoms with Crippen molar-refractivity contribution in [3.05, 3.63) is 42.3 Å². The quantitative estimate of drug-likeness (QED) is 0.625. The van der Waals surface area contributed by atoms with Gasteiger partial charge in [0.2, 0.25) is 11.8 Å². The lowest BCUT2D eigenvalue weighted by molar-refractivity contribution is -0.132. The van der Waals surface area contributed by atoms with E-state index in [1.54, 1.807) is 13.0 Å². The van der Waals surface area contributed by atoms with Gasteiger partial charge in [0.1, 0.15) is 12.3 Å². The molecule has 1 N–H and O–H groups in total. The van der Waals surface area contributed by atoms with Crippen LogP contribution in [0.3, 0.4) is 0 Å². The smallest absolute Gasteiger partial charge is 0.242 e. The standard InChI is InChI=1S/C21H24N4O3S/c1-15-11-19(23-28-15)22-20(26)14-29-18-12-25(17-8-4-3-7-16(17)18)13-21(27)24-9-5-2-6-10-24/h3-4,7-8,11-12H,2,5-6,9-10,13-14H2,1H3,(H,22,23,26). The summed E-state index contributed by atoms with van der Waals surface area (Å²) in [5.41, 5.74) is 1.01. The minimum Gasteiger partial charge on any atom is -0.360 e. The first-order valence-corrected chi connectivity index (χ1v) is 10.8. The number of hydrogen-bond donors (Lipinski definition) is 1. The van der Waals surface area contributed by atoms with E-state index in [9.17, 15) is 9.59 Å². The van der Waals surface area contributed by atoms with Crippen molar-refractivity contribution in [2.75, 3.05) is 24.2 Å². The highest BCUT2D eigenvalue weighted by Gasteiger charge is 2.19. The number of carbonyl (C=O) groups excluding carboxylic acids is 2. The van der Waals surface area contributed by atoms with E-state index < -0.39 is 0 Å². The zero-order valence-corrected chi connectivity index (χ0v) is 17.2. The van der Waals surface area contributed by atoms with E-state index >= 15 is 0 Å². The molecule has 0 atom stereocenters. The van der Waals surface area contributed by atoms with Gasteiger partial charge in [0.05, 0.1) is 5.75 Å². The summed E-state index contributed by atoms with van der Waals surface area (Å²) in [6.45, 7) is 3.80. The van der Waals surface area contributed by atoms with Crippen LogP contribution in [0.5, 0.6) is 0 Å². The number of aryl methyl sites for hydroxylation is 1. The van der Waals surface area contributed by atoms with E-state index in [4.69, 9.17) is 4.52 Å². The highest BCUT2D eigenvalue weighted by atomic mass is 32.2. The van der Waals surface area contributed by atoms with Gasteiger partial charge in [0.15, 0.2) is 5.82 Å². The number of aromatic nitrogens is 2. The lowest BCUT2D eigenvalue weighted by Crippen LogP contribution is -2.37. The predicted octanol–water partition coefficient (Wildman–Crippen LogP) is 3.68. The Morgan fingerprint density at radius 3 is 2.76 bits per heavy atom. The summed E-state index contributed by atoms with van der Waals surface area (Å²) in [5, 5.41) is 7.56. The SMILES string of the molecule is Cc1cc(NC(=O)CSc2cn(CC(=O)N3CCCCC3)c3ccccc23)no1. The minimum atomic E-state index is -0.149. The highest BCUT2D eigenvalue weighted by molar-refractivity contribution is 8.00. The molecule has 1 aliphatic rings. The number of rotatable bonds is 6. The molecule has 0 spiro atoms. The van der Waals surface area contributed by atoms with Crippen molar-refractivity contribution in [1.29, 1.82) is 0 Å². The molecule has 2 aromatic heterocycles. The van der Waals surface area contributed by atoms with Crippen LogP contribution in [0.15, 0.2) is 45.9 Å². The Kier molecular flexibility index (Phi) is 5.89. The summed E-state index contributed by atoms with van der Waals surface area (Å²) in [5.74, 6) is 1.32. The maximum atomic E-state index is 12.7. The molecule has 0 radical (unpaired) electrons. The van der Waals surface area contributed by atoms with Crippen LogP contribution >= 0.6 is 11.8 Å². The third-order valence-corrected chi connectivity index (χ3v) is 6.06. The summed E-state index contributed by atoms with van der Waals surface area (Å²) >= 11 is 1.45. The van der Waals surface area contributed by atoms with E-state index in [0.717, 1.165) is 41.7 Å². The van der Waals surface area contributed by atoms with Crippen LogP contribution in [-0.2, 0) is 16.1 Å². The second kappa shape index (κ2) is 8.73. The number of likely N-dealkylation sites (tertiary alicyclic amines) is 1. The number of anilines is 1. The highest BCUT2D eigenvalue weighted by Crippen LogP contribution is 2.30. The molecule has 0 aliphatic carbocycles. The Morgan fingerprint density at radius 1 is 1.21 bits per heavy atom. The molecule has 0 unspecified atom stereocenters. The summed E-state index contributed by atoms with van der Waals surface area (Å²) in [4.78, 5) is 27.9. The first-order chi connectivity index (χ1) is 14.1. The zero-order valence-electron chi connectivity index (χ0n) is 16.4. The molecule has 2 amide bonds. The van der Waals surface area contributed by atoms with Gasteiger partial charge >= 0.3 is 0 Å². The first kappa shape index (κ1) is 19.6. The Bertz CT molecular complexity index is 1020. The Hall–Kier alpha value is -2.74. The maximum absolute atomic E-state index is 12.7. The molecule has 1 aromatic carbocycles. The molecule has 4 rings (SSSR count). The zero-order chi connectivity index (χ0) is 20.2. The molecule has 29 heavy (non-hydrogen) atoms. The summed E-state index contributed by atoms with van der Waals surface area (Å²) < 4.78 is 6.96. The molecule has 1 aliphatic heterocycles. The van der Waals surface area contributed by atoms with Crippen molar-refractivity contribution in [2.24, 2.45) is 0 Å². The maximum Gasteiger partial charge on any atom is 0.242 e. The third kappa shape index (κ3) is 4.64. The van der Waals surface area contributed by atoms with Gasteiger partial charge in [-0.25, -0.2) is 0 Å². The number of amides is 2. The van der Waals surface area contributed by atoms with E-state index in [2.05, 4.69) is 10.5 Å². The van der Waals surface area contributed by atoms with Gasteiger partial charge in [-0.3, -0.25) is 9.59 Å². The van der Waals surface area contributed by atoms with E-state index in [1.807, 2.05) is 39.9 Å². The second-order valence-electron chi connectivity index (χ2n) is 7.24. The number of piperidine rings is 1. The van der Waals surface area contributed by atoms with Gasteiger partial charge < -0.3 is 19.3 Å². The van der Waals surface area contributed by atoms with Gasteiger partial charge in [-0.15, -0.1) is 11.8 Å². The fraction of sp³-hybridized carbons (Fsp3) is 0.381. The van der Waals surface area contributed by atoms with Gasteiger partial charge in [-0.05, 0) is 32.3 Å². The molecule has 152 valence electrons. The molecule has 0 saturated carbocycles. The summed E-state index contributed by atoms with van der Waals surface area (Å²) in [7, 11) is 0. The van der Waals surface area contributed by atoms with Crippen molar-refractivity contribution in [3.8, 4) is 0 Å². The number of nitrogens with zero attached hydrogens (tertiary/aromatic N) is 3.